The number of Topliss-reactive ketones (excluding diaryl/α,β-unsaturated/α-hetero) is 1. The fourth-order valence-corrected chi connectivity index (χ4v) is 2.53. The molecule has 0 radical (unpaired) electrons. The summed E-state index contributed by atoms with van der Waals surface area (Å²) >= 11 is 5.84. The minimum Gasteiger partial charge on any atom is -0.321 e. The lowest BCUT2D eigenvalue weighted by Crippen LogP contribution is -2.24. The molecule has 0 aliphatic rings. The highest BCUT2D eigenvalue weighted by molar-refractivity contribution is 6.30. The number of carbonyl (C=O) groups excluding carboxylic acids is 2. The molecule has 0 atom stereocenters. The molecule has 0 aliphatic carbocycles. The molecule has 130 valence electrons. The van der Waals surface area contributed by atoms with Crippen molar-refractivity contribution in [1.82, 2.24) is 9.97 Å². The van der Waals surface area contributed by atoms with Gasteiger partial charge in [-0.05, 0) is 43.3 Å². The first kappa shape index (κ1) is 17.6. The van der Waals surface area contributed by atoms with Gasteiger partial charge in [0.1, 0.15) is 11.4 Å². The highest BCUT2D eigenvalue weighted by Crippen LogP contribution is 2.18. The zero-order valence-electron chi connectivity index (χ0n) is 13.7. The fraction of sp³-hybridized carbons (Fsp3) is 0.0526. The Hall–Kier alpha value is -3.25. The lowest BCUT2D eigenvalue weighted by Gasteiger charge is -2.09. The van der Waals surface area contributed by atoms with E-state index in [0.29, 0.717) is 27.7 Å². The van der Waals surface area contributed by atoms with Gasteiger partial charge < -0.3 is 10.3 Å². The van der Waals surface area contributed by atoms with Crippen molar-refractivity contribution in [2.24, 2.45) is 0 Å². The molecule has 7 heteroatoms. The Morgan fingerprint density at radius 3 is 2.38 bits per heavy atom. The smallest absolute Gasteiger partial charge is 0.264 e. The van der Waals surface area contributed by atoms with Crippen LogP contribution in [0.15, 0.2) is 59.5 Å². The average Bonchev–Trinajstić information content (AvgIpc) is 2.62. The number of hydrogen-bond donors (Lipinski definition) is 2. The lowest BCUT2D eigenvalue weighted by molar-refractivity contribution is 0.101. The summed E-state index contributed by atoms with van der Waals surface area (Å²) in [6.07, 6.45) is 1.20. The number of nitrogens with zero attached hydrogens (tertiary/aromatic N) is 1. The number of anilines is 1. The minimum absolute atomic E-state index is 0.152. The quantitative estimate of drug-likeness (QED) is 0.690. The average molecular weight is 368 g/mol. The van der Waals surface area contributed by atoms with E-state index in [1.807, 2.05) is 0 Å². The van der Waals surface area contributed by atoms with E-state index in [1.54, 1.807) is 48.5 Å². The Bertz CT molecular complexity index is 1040. The number of halogens is 1. The molecule has 0 unspecified atom stereocenters. The Morgan fingerprint density at radius 1 is 1.04 bits per heavy atom. The Morgan fingerprint density at radius 2 is 1.73 bits per heavy atom. The number of para-hydroxylation sites is 1. The number of rotatable bonds is 4. The first-order valence-corrected chi connectivity index (χ1v) is 8.10. The summed E-state index contributed by atoms with van der Waals surface area (Å²) in [5.41, 5.74) is 0.637. The van der Waals surface area contributed by atoms with Gasteiger partial charge in [-0.3, -0.25) is 14.4 Å². The number of amides is 1. The summed E-state index contributed by atoms with van der Waals surface area (Å²) < 4.78 is 0. The number of benzene rings is 2. The van der Waals surface area contributed by atoms with Gasteiger partial charge in [0.25, 0.3) is 11.5 Å². The number of H-pyrrole nitrogens is 1. The largest absolute Gasteiger partial charge is 0.321 e. The van der Waals surface area contributed by atoms with E-state index in [-0.39, 0.29) is 11.3 Å². The van der Waals surface area contributed by atoms with E-state index in [9.17, 15) is 14.4 Å². The zero-order chi connectivity index (χ0) is 18.7. The molecular weight excluding hydrogens is 354 g/mol. The van der Waals surface area contributed by atoms with Gasteiger partial charge in [-0.2, -0.15) is 0 Å². The van der Waals surface area contributed by atoms with Crippen molar-refractivity contribution in [2.75, 3.05) is 5.32 Å². The standard InChI is InChI=1S/C19H14ClN3O3/c1-11(24)14-4-2-3-5-16(14)22-18(25)15-10-21-17(23-19(15)26)12-6-8-13(20)9-7-12/h2-10H,1H3,(H,22,25)(H,21,23,26). The molecule has 0 bridgehead atoms. The second-order valence-electron chi connectivity index (χ2n) is 5.54. The maximum Gasteiger partial charge on any atom is 0.264 e. The molecule has 1 aromatic heterocycles. The molecule has 0 spiro atoms. The van der Waals surface area contributed by atoms with Crippen LogP contribution in [0.3, 0.4) is 0 Å². The van der Waals surface area contributed by atoms with E-state index < -0.39 is 11.5 Å². The normalized spacial score (nSPS) is 10.4. The van der Waals surface area contributed by atoms with Gasteiger partial charge in [0.15, 0.2) is 5.78 Å². The molecule has 1 amide bonds. The van der Waals surface area contributed by atoms with Crippen molar-refractivity contribution < 1.29 is 9.59 Å². The topological polar surface area (TPSA) is 91.9 Å². The molecule has 0 saturated carbocycles. The van der Waals surface area contributed by atoms with E-state index >= 15 is 0 Å². The molecule has 2 N–H and O–H groups in total. The second kappa shape index (κ2) is 7.33. The van der Waals surface area contributed by atoms with Gasteiger partial charge in [0.2, 0.25) is 0 Å². The molecule has 0 aliphatic heterocycles. The first-order chi connectivity index (χ1) is 12.5. The number of nitrogens with one attached hydrogen (secondary N) is 2. The molecule has 6 nitrogen and oxygen atoms in total. The van der Waals surface area contributed by atoms with Gasteiger partial charge in [0.05, 0.1) is 5.69 Å². The monoisotopic (exact) mass is 367 g/mol. The molecular formula is C19H14ClN3O3. The van der Waals surface area contributed by atoms with Crippen LogP contribution >= 0.6 is 11.6 Å². The Balaban J connectivity index is 1.88. The van der Waals surface area contributed by atoms with Crippen molar-refractivity contribution in [1.29, 1.82) is 0 Å². The van der Waals surface area contributed by atoms with Crippen LogP contribution in [0.1, 0.15) is 27.6 Å². The maximum absolute atomic E-state index is 12.4. The number of aromatic amines is 1. The van der Waals surface area contributed by atoms with Crippen LogP contribution in [-0.2, 0) is 0 Å². The van der Waals surface area contributed by atoms with Crippen LogP contribution in [0, 0.1) is 0 Å². The summed E-state index contributed by atoms with van der Waals surface area (Å²) in [5.74, 6) is -0.506. The SMILES string of the molecule is CC(=O)c1ccccc1NC(=O)c1cnc(-c2ccc(Cl)cc2)[nH]c1=O. The number of carbonyl (C=O) groups is 2. The molecule has 3 aromatic rings. The van der Waals surface area contributed by atoms with Crippen LogP contribution in [0.5, 0.6) is 0 Å². The molecule has 2 aromatic carbocycles. The van der Waals surface area contributed by atoms with Gasteiger partial charge in [0, 0.05) is 22.3 Å². The maximum atomic E-state index is 12.4. The van der Waals surface area contributed by atoms with Gasteiger partial charge in [-0.15, -0.1) is 0 Å². The first-order valence-electron chi connectivity index (χ1n) is 7.72. The summed E-state index contributed by atoms with van der Waals surface area (Å²) in [7, 11) is 0. The van der Waals surface area contributed by atoms with E-state index in [2.05, 4.69) is 15.3 Å². The third-order valence-electron chi connectivity index (χ3n) is 3.72. The van der Waals surface area contributed by atoms with Crippen LogP contribution in [-0.4, -0.2) is 21.7 Å². The molecule has 0 fully saturated rings. The lowest BCUT2D eigenvalue weighted by atomic mass is 10.1. The second-order valence-corrected chi connectivity index (χ2v) is 5.97. The van der Waals surface area contributed by atoms with Gasteiger partial charge in [-0.1, -0.05) is 23.7 Å². The highest BCUT2D eigenvalue weighted by atomic mass is 35.5. The van der Waals surface area contributed by atoms with Crippen LogP contribution in [0.2, 0.25) is 5.02 Å². The number of hydrogen-bond acceptors (Lipinski definition) is 4. The highest BCUT2D eigenvalue weighted by Gasteiger charge is 2.15. The van der Waals surface area contributed by atoms with Gasteiger partial charge >= 0.3 is 0 Å². The van der Waals surface area contributed by atoms with Crippen molar-refractivity contribution in [2.45, 2.75) is 6.92 Å². The molecule has 3 rings (SSSR count). The van der Waals surface area contributed by atoms with E-state index in [4.69, 9.17) is 11.6 Å². The van der Waals surface area contributed by atoms with E-state index in [0.717, 1.165) is 0 Å². The van der Waals surface area contributed by atoms with Crippen LogP contribution < -0.4 is 10.9 Å². The third kappa shape index (κ3) is 3.70. The summed E-state index contributed by atoms with van der Waals surface area (Å²) in [6.45, 7) is 1.40. The number of ketones is 1. The minimum atomic E-state index is -0.643. The summed E-state index contributed by atoms with van der Waals surface area (Å²) in [6, 6.07) is 13.4. The van der Waals surface area contributed by atoms with Crippen molar-refractivity contribution >= 4 is 29.0 Å². The third-order valence-corrected chi connectivity index (χ3v) is 3.97. The molecule has 1 heterocycles. The zero-order valence-corrected chi connectivity index (χ0v) is 14.5. The predicted octanol–water partition coefficient (Wildman–Crippen LogP) is 3.55. The Kier molecular flexibility index (Phi) is 4.95. The van der Waals surface area contributed by atoms with Crippen molar-refractivity contribution in [3.8, 4) is 11.4 Å². The molecule has 26 heavy (non-hydrogen) atoms. The van der Waals surface area contributed by atoms with Crippen LogP contribution in [0.4, 0.5) is 5.69 Å². The Labute approximate surface area is 153 Å². The number of aromatic nitrogens is 2. The van der Waals surface area contributed by atoms with E-state index in [1.165, 1.54) is 13.1 Å². The van der Waals surface area contributed by atoms with Crippen molar-refractivity contribution in [3.63, 3.8) is 0 Å². The van der Waals surface area contributed by atoms with Crippen LogP contribution in [0.25, 0.3) is 11.4 Å². The fourth-order valence-electron chi connectivity index (χ4n) is 2.40. The summed E-state index contributed by atoms with van der Waals surface area (Å²) in [4.78, 5) is 43.0. The summed E-state index contributed by atoms with van der Waals surface area (Å²) in [5, 5.41) is 3.14. The predicted molar refractivity (Wildman–Crippen MR) is 99.7 cm³/mol. The molecule has 0 saturated heterocycles. The van der Waals surface area contributed by atoms with Crippen molar-refractivity contribution in [3.05, 3.63) is 81.2 Å². The van der Waals surface area contributed by atoms with Gasteiger partial charge in [-0.25, -0.2) is 4.98 Å².